The van der Waals surface area contributed by atoms with Gasteiger partial charge in [0.1, 0.15) is 5.75 Å². The Morgan fingerprint density at radius 2 is 1.57 bits per heavy atom. The van der Waals surface area contributed by atoms with E-state index in [0.717, 1.165) is 23.3 Å². The maximum Gasteiger partial charge on any atom is 0.573 e. The summed E-state index contributed by atoms with van der Waals surface area (Å²) in [6.07, 6.45) is -4.52. The summed E-state index contributed by atoms with van der Waals surface area (Å²) >= 11 is 0. The fraction of sp³-hybridized carbons (Fsp3) is 0.188. The van der Waals surface area contributed by atoms with E-state index in [-0.39, 0.29) is 18.0 Å². The van der Waals surface area contributed by atoms with Gasteiger partial charge in [-0.3, -0.25) is 4.79 Å². The molecule has 2 nitrogen and oxygen atoms in total. The molecule has 0 saturated heterocycles. The summed E-state index contributed by atoms with van der Waals surface area (Å²) in [5.74, 6) is -0.494. The third kappa shape index (κ3) is 4.63. The lowest BCUT2D eigenvalue weighted by Crippen LogP contribution is -2.17. The van der Waals surface area contributed by atoms with Gasteiger partial charge < -0.3 is 4.74 Å². The van der Waals surface area contributed by atoms with Gasteiger partial charge in [-0.15, -0.1) is 13.2 Å². The second-order valence-corrected chi connectivity index (χ2v) is 4.66. The van der Waals surface area contributed by atoms with Crippen LogP contribution in [0.15, 0.2) is 48.5 Å². The minimum absolute atomic E-state index is 0.155. The van der Waals surface area contributed by atoms with Gasteiger partial charge in [0.25, 0.3) is 0 Å². The van der Waals surface area contributed by atoms with Crippen molar-refractivity contribution in [3.8, 4) is 5.75 Å². The van der Waals surface area contributed by atoms with Crippen LogP contribution < -0.4 is 4.74 Å². The van der Waals surface area contributed by atoms with Gasteiger partial charge in [-0.2, -0.15) is 0 Å². The smallest absolute Gasteiger partial charge is 0.406 e. The SMILES string of the molecule is Cc1ccc(CC(=O)c2ccc(OC(F)(F)F)cc2)cc1. The van der Waals surface area contributed by atoms with Crippen LogP contribution in [-0.2, 0) is 6.42 Å². The molecule has 0 atom stereocenters. The van der Waals surface area contributed by atoms with Crippen molar-refractivity contribution in [3.63, 3.8) is 0 Å². The van der Waals surface area contributed by atoms with E-state index in [4.69, 9.17) is 0 Å². The van der Waals surface area contributed by atoms with Crippen molar-refractivity contribution in [2.75, 3.05) is 0 Å². The molecular weight excluding hydrogens is 281 g/mol. The van der Waals surface area contributed by atoms with E-state index in [2.05, 4.69) is 4.74 Å². The number of Topliss-reactive ketones (excluding diaryl/α,β-unsaturated/α-hetero) is 1. The highest BCUT2D eigenvalue weighted by Gasteiger charge is 2.31. The number of alkyl halides is 3. The van der Waals surface area contributed by atoms with Crippen molar-refractivity contribution in [1.29, 1.82) is 0 Å². The Morgan fingerprint density at radius 1 is 1.00 bits per heavy atom. The molecule has 0 bridgehead atoms. The summed E-state index contributed by atoms with van der Waals surface area (Å²) in [5.41, 5.74) is 2.31. The molecule has 0 N–H and O–H groups in total. The first-order chi connectivity index (χ1) is 9.83. The molecular formula is C16H13F3O2. The van der Waals surface area contributed by atoms with Crippen molar-refractivity contribution < 1.29 is 22.7 Å². The number of benzene rings is 2. The molecule has 0 saturated carbocycles. The zero-order chi connectivity index (χ0) is 15.5. The van der Waals surface area contributed by atoms with Crippen LogP contribution in [0.25, 0.3) is 0 Å². The number of ketones is 1. The molecule has 0 aromatic heterocycles. The van der Waals surface area contributed by atoms with Gasteiger partial charge in [-0.1, -0.05) is 29.8 Å². The molecule has 0 heterocycles. The molecule has 0 aliphatic heterocycles. The molecule has 5 heteroatoms. The average Bonchev–Trinajstić information content (AvgIpc) is 2.40. The van der Waals surface area contributed by atoms with Crippen LogP contribution in [0, 0.1) is 6.92 Å². The second-order valence-electron chi connectivity index (χ2n) is 4.66. The first-order valence-electron chi connectivity index (χ1n) is 6.28. The van der Waals surface area contributed by atoms with Crippen molar-refractivity contribution in [3.05, 3.63) is 65.2 Å². The maximum absolute atomic E-state index is 12.0. The van der Waals surface area contributed by atoms with E-state index in [1.807, 2.05) is 31.2 Å². The molecule has 0 amide bonds. The van der Waals surface area contributed by atoms with Gasteiger partial charge in [-0.05, 0) is 36.8 Å². The quantitative estimate of drug-likeness (QED) is 0.785. The Balaban J connectivity index is 2.04. The fourth-order valence-corrected chi connectivity index (χ4v) is 1.84. The zero-order valence-electron chi connectivity index (χ0n) is 11.3. The van der Waals surface area contributed by atoms with E-state index in [0.29, 0.717) is 5.56 Å². The molecule has 0 aliphatic rings. The molecule has 21 heavy (non-hydrogen) atoms. The lowest BCUT2D eigenvalue weighted by molar-refractivity contribution is -0.274. The zero-order valence-corrected chi connectivity index (χ0v) is 11.3. The van der Waals surface area contributed by atoms with Crippen LogP contribution in [0.2, 0.25) is 0 Å². The third-order valence-corrected chi connectivity index (χ3v) is 2.90. The predicted molar refractivity (Wildman–Crippen MR) is 72.3 cm³/mol. The van der Waals surface area contributed by atoms with E-state index < -0.39 is 6.36 Å². The van der Waals surface area contributed by atoms with Crippen molar-refractivity contribution in [2.45, 2.75) is 19.7 Å². The number of carbonyl (C=O) groups excluding carboxylic acids is 1. The largest absolute Gasteiger partial charge is 0.573 e. The molecule has 2 aromatic rings. The number of aryl methyl sites for hydroxylation is 1. The summed E-state index contributed by atoms with van der Waals surface area (Å²) in [6.45, 7) is 1.95. The topological polar surface area (TPSA) is 26.3 Å². The Kier molecular flexibility index (Phi) is 4.31. The minimum atomic E-state index is -4.73. The van der Waals surface area contributed by atoms with Gasteiger partial charge >= 0.3 is 6.36 Å². The summed E-state index contributed by atoms with van der Waals surface area (Å²) in [7, 11) is 0. The predicted octanol–water partition coefficient (Wildman–Crippen LogP) is 4.32. The molecule has 2 aromatic carbocycles. The van der Waals surface area contributed by atoms with Gasteiger partial charge in [0.15, 0.2) is 5.78 Å². The molecule has 110 valence electrons. The molecule has 0 aliphatic carbocycles. The molecule has 0 unspecified atom stereocenters. The van der Waals surface area contributed by atoms with E-state index in [1.165, 1.54) is 12.1 Å². The lowest BCUT2D eigenvalue weighted by atomic mass is 10.0. The Hall–Kier alpha value is -2.30. The van der Waals surface area contributed by atoms with E-state index in [9.17, 15) is 18.0 Å². The van der Waals surface area contributed by atoms with Crippen molar-refractivity contribution >= 4 is 5.78 Å². The number of halogens is 3. The summed E-state index contributed by atoms with van der Waals surface area (Å²) < 4.78 is 39.9. The van der Waals surface area contributed by atoms with Crippen LogP contribution in [0.3, 0.4) is 0 Å². The molecule has 0 radical (unpaired) electrons. The minimum Gasteiger partial charge on any atom is -0.406 e. The first kappa shape index (κ1) is 15.1. The van der Waals surface area contributed by atoms with Crippen LogP contribution in [0.1, 0.15) is 21.5 Å². The second kappa shape index (κ2) is 5.99. The van der Waals surface area contributed by atoms with Crippen LogP contribution in [0.5, 0.6) is 5.75 Å². The number of hydrogen-bond donors (Lipinski definition) is 0. The first-order valence-corrected chi connectivity index (χ1v) is 6.28. The summed E-state index contributed by atoms with van der Waals surface area (Å²) in [6, 6.07) is 12.5. The van der Waals surface area contributed by atoms with E-state index >= 15 is 0 Å². The van der Waals surface area contributed by atoms with Crippen LogP contribution in [0.4, 0.5) is 13.2 Å². The Morgan fingerprint density at radius 3 is 2.10 bits per heavy atom. The van der Waals surface area contributed by atoms with Crippen LogP contribution in [-0.4, -0.2) is 12.1 Å². The molecule has 0 fully saturated rings. The highest BCUT2D eigenvalue weighted by Crippen LogP contribution is 2.23. The maximum atomic E-state index is 12.0. The van der Waals surface area contributed by atoms with Gasteiger partial charge in [0, 0.05) is 12.0 Å². The number of hydrogen-bond acceptors (Lipinski definition) is 2. The number of ether oxygens (including phenoxy) is 1. The van der Waals surface area contributed by atoms with E-state index in [1.54, 1.807) is 0 Å². The summed E-state index contributed by atoms with van der Waals surface area (Å²) in [5, 5.41) is 0. The van der Waals surface area contributed by atoms with Gasteiger partial charge in [0.05, 0.1) is 0 Å². The summed E-state index contributed by atoms with van der Waals surface area (Å²) in [4.78, 5) is 12.0. The highest BCUT2D eigenvalue weighted by atomic mass is 19.4. The monoisotopic (exact) mass is 294 g/mol. The third-order valence-electron chi connectivity index (χ3n) is 2.90. The normalized spacial score (nSPS) is 11.2. The molecule has 0 spiro atoms. The highest BCUT2D eigenvalue weighted by molar-refractivity contribution is 5.97. The lowest BCUT2D eigenvalue weighted by Gasteiger charge is -2.09. The Labute approximate surface area is 120 Å². The number of rotatable bonds is 4. The van der Waals surface area contributed by atoms with Gasteiger partial charge in [-0.25, -0.2) is 0 Å². The number of carbonyl (C=O) groups is 1. The average molecular weight is 294 g/mol. The fourth-order valence-electron chi connectivity index (χ4n) is 1.84. The van der Waals surface area contributed by atoms with Crippen molar-refractivity contribution in [2.24, 2.45) is 0 Å². The molecule has 2 rings (SSSR count). The standard InChI is InChI=1S/C16H13F3O2/c1-11-2-4-12(5-3-11)10-15(20)13-6-8-14(9-7-13)21-16(17,18)19/h2-9H,10H2,1H3. The Bertz CT molecular complexity index is 613. The van der Waals surface area contributed by atoms with Crippen LogP contribution >= 0.6 is 0 Å². The van der Waals surface area contributed by atoms with Crippen molar-refractivity contribution in [1.82, 2.24) is 0 Å². The van der Waals surface area contributed by atoms with Gasteiger partial charge in [0.2, 0.25) is 0 Å².